The van der Waals surface area contributed by atoms with Gasteiger partial charge in [0, 0.05) is 45.7 Å². The minimum atomic E-state index is -0.0503. The van der Waals surface area contributed by atoms with Gasteiger partial charge in [0.2, 0.25) is 11.8 Å². The van der Waals surface area contributed by atoms with Crippen LogP contribution in [-0.2, 0) is 16.0 Å². The van der Waals surface area contributed by atoms with Crippen LogP contribution in [-0.4, -0.2) is 81.0 Å². The molecule has 32 heavy (non-hydrogen) atoms. The maximum absolute atomic E-state index is 12.7. The van der Waals surface area contributed by atoms with Crippen molar-refractivity contribution in [3.8, 4) is 5.75 Å². The third-order valence-electron chi connectivity index (χ3n) is 6.28. The van der Waals surface area contributed by atoms with Gasteiger partial charge in [-0.1, -0.05) is 25.0 Å². The van der Waals surface area contributed by atoms with E-state index >= 15 is 0 Å². The number of methoxy groups -OCH3 is 1. The molecule has 0 radical (unpaired) electrons. The number of carbonyl (C=O) groups is 2. The van der Waals surface area contributed by atoms with E-state index in [4.69, 9.17) is 4.74 Å². The quantitative estimate of drug-likeness (QED) is 0.471. The number of hydrogen-bond acceptors (Lipinski definition) is 4. The van der Waals surface area contributed by atoms with Gasteiger partial charge in [-0.05, 0) is 43.4 Å². The fraction of sp³-hybridized carbons (Fsp3) is 0.625. The van der Waals surface area contributed by atoms with E-state index in [1.165, 1.54) is 23.3 Å². The molecular weight excluding hydrogens is 406 g/mol. The van der Waals surface area contributed by atoms with E-state index in [-0.39, 0.29) is 24.4 Å². The Bertz CT molecular complexity index is 787. The third-order valence-corrected chi connectivity index (χ3v) is 6.28. The number of likely N-dealkylation sites (N-methyl/N-ethyl adjacent to an activating group) is 1. The molecule has 1 aromatic carbocycles. The summed E-state index contributed by atoms with van der Waals surface area (Å²) in [4.78, 5) is 32.8. The summed E-state index contributed by atoms with van der Waals surface area (Å²) in [6.07, 6.45) is 6.10. The molecule has 8 nitrogen and oxygen atoms in total. The van der Waals surface area contributed by atoms with Crippen molar-refractivity contribution >= 4 is 17.8 Å². The van der Waals surface area contributed by atoms with E-state index in [1.807, 2.05) is 29.2 Å². The van der Waals surface area contributed by atoms with Gasteiger partial charge in [0.05, 0.1) is 7.11 Å². The number of amides is 2. The number of ether oxygens (including phenoxy) is 1. The Morgan fingerprint density at radius 1 is 1.16 bits per heavy atom. The van der Waals surface area contributed by atoms with Crippen molar-refractivity contribution in [3.63, 3.8) is 0 Å². The summed E-state index contributed by atoms with van der Waals surface area (Å²) in [5.41, 5.74) is 1.19. The number of hydrogen-bond donors (Lipinski definition) is 2. The van der Waals surface area contributed by atoms with E-state index in [1.54, 1.807) is 21.2 Å². The summed E-state index contributed by atoms with van der Waals surface area (Å²) in [7, 11) is 5.11. The van der Waals surface area contributed by atoms with Gasteiger partial charge in [-0.3, -0.25) is 9.59 Å². The third kappa shape index (κ3) is 6.87. The molecule has 2 fully saturated rings. The molecule has 1 saturated heterocycles. The molecule has 1 aromatic rings. The minimum absolute atomic E-state index is 0.0503. The number of rotatable bonds is 8. The van der Waals surface area contributed by atoms with Crippen LogP contribution in [0.15, 0.2) is 29.3 Å². The smallest absolute Gasteiger partial charge is 0.243 e. The minimum Gasteiger partial charge on any atom is -0.497 e. The molecule has 1 unspecified atom stereocenters. The first kappa shape index (κ1) is 23.9. The molecule has 3 rings (SSSR count). The summed E-state index contributed by atoms with van der Waals surface area (Å²) < 4.78 is 5.21. The van der Waals surface area contributed by atoms with Crippen LogP contribution < -0.4 is 15.4 Å². The van der Waals surface area contributed by atoms with Crippen molar-refractivity contribution in [1.29, 1.82) is 0 Å². The number of guanidine groups is 1. The summed E-state index contributed by atoms with van der Waals surface area (Å²) in [5.74, 6) is 1.92. The number of likely N-dealkylation sites (tertiary alicyclic amines) is 1. The van der Waals surface area contributed by atoms with Crippen LogP contribution in [0.5, 0.6) is 5.75 Å². The monoisotopic (exact) mass is 443 g/mol. The van der Waals surface area contributed by atoms with Gasteiger partial charge in [-0.2, -0.15) is 0 Å². The Balaban J connectivity index is 1.54. The van der Waals surface area contributed by atoms with Crippen LogP contribution >= 0.6 is 0 Å². The lowest BCUT2D eigenvalue weighted by molar-refractivity contribution is -0.134. The van der Waals surface area contributed by atoms with Gasteiger partial charge in [0.15, 0.2) is 5.96 Å². The van der Waals surface area contributed by atoms with Crippen molar-refractivity contribution in [2.45, 2.75) is 44.6 Å². The highest BCUT2D eigenvalue weighted by Gasteiger charge is 2.32. The van der Waals surface area contributed by atoms with Crippen LogP contribution in [0, 0.1) is 5.92 Å². The van der Waals surface area contributed by atoms with Crippen LogP contribution in [0.1, 0.15) is 37.7 Å². The molecule has 0 aromatic heterocycles. The number of benzene rings is 1. The standard InChI is InChI=1S/C24H37N5O3/c1-28(2)22(30)16-26-24(25-14-12-18-8-10-21(32-3)11-9-18)27-20-13-15-29(17-20)23(31)19-6-4-5-7-19/h8-11,19-20H,4-7,12-17H2,1-3H3,(H2,25,26,27). The molecule has 0 spiro atoms. The molecule has 1 saturated carbocycles. The van der Waals surface area contributed by atoms with Gasteiger partial charge >= 0.3 is 0 Å². The SMILES string of the molecule is COc1ccc(CCNC(=NCC(=O)N(C)C)NC2CCN(C(=O)C3CCCC3)C2)cc1. The number of nitrogens with zero attached hydrogens (tertiary/aromatic N) is 3. The van der Waals surface area contributed by atoms with E-state index in [2.05, 4.69) is 15.6 Å². The first-order chi connectivity index (χ1) is 15.5. The van der Waals surface area contributed by atoms with E-state index in [9.17, 15) is 9.59 Å². The Labute approximate surface area is 191 Å². The second-order valence-corrected chi connectivity index (χ2v) is 8.87. The Morgan fingerprint density at radius 3 is 2.53 bits per heavy atom. The maximum Gasteiger partial charge on any atom is 0.243 e. The fourth-order valence-electron chi connectivity index (χ4n) is 4.26. The van der Waals surface area contributed by atoms with Crippen molar-refractivity contribution in [2.75, 3.05) is 47.4 Å². The molecule has 0 bridgehead atoms. The van der Waals surface area contributed by atoms with Crippen molar-refractivity contribution in [1.82, 2.24) is 20.4 Å². The average molecular weight is 444 g/mol. The maximum atomic E-state index is 12.7. The van der Waals surface area contributed by atoms with Crippen molar-refractivity contribution in [2.24, 2.45) is 10.9 Å². The second-order valence-electron chi connectivity index (χ2n) is 8.87. The summed E-state index contributed by atoms with van der Waals surface area (Å²) in [6.45, 7) is 2.24. The highest BCUT2D eigenvalue weighted by molar-refractivity contribution is 5.85. The molecule has 1 heterocycles. The molecule has 1 aliphatic carbocycles. The molecular formula is C24H37N5O3. The van der Waals surface area contributed by atoms with Crippen LogP contribution in [0.2, 0.25) is 0 Å². The predicted molar refractivity (Wildman–Crippen MR) is 126 cm³/mol. The largest absolute Gasteiger partial charge is 0.497 e. The number of aliphatic imine (C=N–C) groups is 1. The lowest BCUT2D eigenvalue weighted by atomic mass is 10.1. The first-order valence-corrected chi connectivity index (χ1v) is 11.6. The van der Waals surface area contributed by atoms with Crippen LogP contribution in [0.3, 0.4) is 0 Å². The topological polar surface area (TPSA) is 86.3 Å². The molecule has 2 N–H and O–H groups in total. The molecule has 1 atom stereocenters. The first-order valence-electron chi connectivity index (χ1n) is 11.6. The molecule has 2 aliphatic rings. The fourth-order valence-corrected chi connectivity index (χ4v) is 4.26. The lowest BCUT2D eigenvalue weighted by Gasteiger charge is -2.22. The van der Waals surface area contributed by atoms with Gasteiger partial charge < -0.3 is 25.2 Å². The van der Waals surface area contributed by atoms with Gasteiger partial charge in [0.1, 0.15) is 12.3 Å². The van der Waals surface area contributed by atoms with Gasteiger partial charge in [-0.25, -0.2) is 4.99 Å². The van der Waals surface area contributed by atoms with Gasteiger partial charge in [0.25, 0.3) is 0 Å². The Morgan fingerprint density at radius 2 is 1.88 bits per heavy atom. The van der Waals surface area contributed by atoms with Crippen LogP contribution in [0.25, 0.3) is 0 Å². The second kappa shape index (κ2) is 11.7. The van der Waals surface area contributed by atoms with Crippen molar-refractivity contribution in [3.05, 3.63) is 29.8 Å². The zero-order chi connectivity index (χ0) is 22.9. The van der Waals surface area contributed by atoms with Crippen LogP contribution in [0.4, 0.5) is 0 Å². The van der Waals surface area contributed by atoms with E-state index in [0.29, 0.717) is 25.0 Å². The molecule has 8 heteroatoms. The van der Waals surface area contributed by atoms with E-state index < -0.39 is 0 Å². The average Bonchev–Trinajstić information content (AvgIpc) is 3.49. The normalized spacial score (nSPS) is 19.2. The summed E-state index contributed by atoms with van der Waals surface area (Å²) in [6, 6.07) is 8.13. The predicted octanol–water partition coefficient (Wildman–Crippen LogP) is 1.65. The molecule has 176 valence electrons. The van der Waals surface area contributed by atoms with Gasteiger partial charge in [-0.15, -0.1) is 0 Å². The lowest BCUT2D eigenvalue weighted by Crippen LogP contribution is -2.46. The Hall–Kier alpha value is -2.77. The van der Waals surface area contributed by atoms with E-state index in [0.717, 1.165) is 38.0 Å². The zero-order valence-electron chi connectivity index (χ0n) is 19.6. The highest BCUT2D eigenvalue weighted by atomic mass is 16.5. The van der Waals surface area contributed by atoms with Crippen molar-refractivity contribution < 1.29 is 14.3 Å². The number of carbonyl (C=O) groups excluding carboxylic acids is 2. The highest BCUT2D eigenvalue weighted by Crippen LogP contribution is 2.27. The molecule has 1 aliphatic heterocycles. The Kier molecular flexibility index (Phi) is 8.76. The summed E-state index contributed by atoms with van der Waals surface area (Å²) in [5, 5.41) is 6.80. The molecule has 2 amide bonds. The summed E-state index contributed by atoms with van der Waals surface area (Å²) >= 11 is 0. The zero-order valence-corrected chi connectivity index (χ0v) is 19.6. The number of nitrogens with one attached hydrogen (secondary N) is 2.